The molecule has 154 valence electrons. The topological polar surface area (TPSA) is 58.6 Å². The summed E-state index contributed by atoms with van der Waals surface area (Å²) in [6, 6.07) is 15.6. The number of para-hydroxylation sites is 1. The molecule has 5 heteroatoms. The van der Waals surface area contributed by atoms with E-state index in [-0.39, 0.29) is 11.8 Å². The van der Waals surface area contributed by atoms with Crippen molar-refractivity contribution in [2.24, 2.45) is 5.92 Å². The second-order valence-electron chi connectivity index (χ2n) is 7.72. The normalized spacial score (nSPS) is 14.5. The fourth-order valence-electron chi connectivity index (χ4n) is 3.80. The van der Waals surface area contributed by atoms with Crippen LogP contribution in [0.5, 0.6) is 5.75 Å². The zero-order chi connectivity index (χ0) is 20.6. The number of hydrogen-bond acceptors (Lipinski definition) is 3. The number of carbonyl (C=O) groups excluding carboxylic acids is 2. The lowest BCUT2D eigenvalue weighted by Crippen LogP contribution is -2.39. The van der Waals surface area contributed by atoms with Crippen LogP contribution in [-0.2, 0) is 11.2 Å². The Kier molecular flexibility index (Phi) is 7.28. The van der Waals surface area contributed by atoms with Crippen LogP contribution in [0.3, 0.4) is 0 Å². The van der Waals surface area contributed by atoms with E-state index >= 15 is 0 Å². The quantitative estimate of drug-likeness (QED) is 0.781. The number of carbonyl (C=O) groups is 2. The summed E-state index contributed by atoms with van der Waals surface area (Å²) in [6.45, 7) is 4.04. The third-order valence-electron chi connectivity index (χ3n) is 5.58. The number of ether oxygens (including phenoxy) is 1. The zero-order valence-electron chi connectivity index (χ0n) is 17.3. The van der Waals surface area contributed by atoms with E-state index in [9.17, 15) is 9.59 Å². The second-order valence-corrected chi connectivity index (χ2v) is 7.72. The standard InChI is InChI=1S/C24H30N2O3/c1-18-7-9-21(10-8-18)24(28)26-15-12-19(13-16-26)17-23(27)25-14-11-20-5-3-4-6-22(20)29-2/h3-10,19H,11-17H2,1-2H3,(H,25,27). The molecule has 0 aromatic heterocycles. The molecule has 1 N–H and O–H groups in total. The summed E-state index contributed by atoms with van der Waals surface area (Å²) < 4.78 is 5.35. The number of hydrogen-bond donors (Lipinski definition) is 1. The van der Waals surface area contributed by atoms with E-state index in [1.165, 1.54) is 0 Å². The van der Waals surface area contributed by atoms with Crippen molar-refractivity contribution in [3.8, 4) is 5.75 Å². The molecule has 2 aromatic carbocycles. The van der Waals surface area contributed by atoms with Crippen LogP contribution in [0.1, 0.15) is 40.7 Å². The molecule has 0 atom stereocenters. The number of nitrogens with zero attached hydrogens (tertiary/aromatic N) is 1. The van der Waals surface area contributed by atoms with Crippen LogP contribution in [0.4, 0.5) is 0 Å². The maximum atomic E-state index is 12.6. The van der Waals surface area contributed by atoms with E-state index in [4.69, 9.17) is 4.74 Å². The minimum Gasteiger partial charge on any atom is -0.496 e. The minimum atomic E-state index is 0.0863. The van der Waals surface area contributed by atoms with E-state index < -0.39 is 0 Å². The second kappa shape index (κ2) is 10.1. The molecule has 2 aromatic rings. The predicted octanol–water partition coefficient (Wildman–Crippen LogP) is 3.60. The van der Waals surface area contributed by atoms with Gasteiger partial charge in [0.1, 0.15) is 5.75 Å². The monoisotopic (exact) mass is 394 g/mol. The van der Waals surface area contributed by atoms with Crippen LogP contribution < -0.4 is 10.1 Å². The summed E-state index contributed by atoms with van der Waals surface area (Å²) in [5.41, 5.74) is 2.98. The molecule has 0 bridgehead atoms. The maximum absolute atomic E-state index is 12.6. The van der Waals surface area contributed by atoms with Crippen molar-refractivity contribution in [3.05, 3.63) is 65.2 Å². The Morgan fingerprint density at radius 2 is 1.76 bits per heavy atom. The summed E-state index contributed by atoms with van der Waals surface area (Å²) in [5, 5.41) is 3.02. The molecule has 2 amide bonds. The van der Waals surface area contributed by atoms with Crippen LogP contribution in [0.15, 0.2) is 48.5 Å². The molecule has 0 unspecified atom stereocenters. The van der Waals surface area contributed by atoms with Crippen molar-refractivity contribution in [2.75, 3.05) is 26.7 Å². The first-order chi connectivity index (χ1) is 14.1. The molecule has 0 spiro atoms. The predicted molar refractivity (Wildman–Crippen MR) is 114 cm³/mol. The first kappa shape index (κ1) is 20.9. The van der Waals surface area contributed by atoms with Crippen LogP contribution in [0, 0.1) is 12.8 Å². The Balaban J connectivity index is 1.39. The van der Waals surface area contributed by atoms with Gasteiger partial charge in [-0.05, 0) is 55.9 Å². The molecule has 1 aliphatic rings. The highest BCUT2D eigenvalue weighted by molar-refractivity contribution is 5.94. The van der Waals surface area contributed by atoms with Gasteiger partial charge in [-0.15, -0.1) is 0 Å². The van der Waals surface area contributed by atoms with Crippen molar-refractivity contribution in [1.29, 1.82) is 0 Å². The van der Waals surface area contributed by atoms with Gasteiger partial charge in [0.05, 0.1) is 7.11 Å². The van der Waals surface area contributed by atoms with Crippen LogP contribution >= 0.6 is 0 Å². The minimum absolute atomic E-state index is 0.0863. The number of piperidine rings is 1. The molecule has 5 nitrogen and oxygen atoms in total. The lowest BCUT2D eigenvalue weighted by atomic mass is 9.92. The Hall–Kier alpha value is -2.82. The molecule has 1 aliphatic heterocycles. The number of benzene rings is 2. The average Bonchev–Trinajstić information content (AvgIpc) is 2.74. The first-order valence-electron chi connectivity index (χ1n) is 10.3. The highest BCUT2D eigenvalue weighted by Gasteiger charge is 2.25. The highest BCUT2D eigenvalue weighted by atomic mass is 16.5. The SMILES string of the molecule is COc1ccccc1CCNC(=O)CC1CCN(C(=O)c2ccc(C)cc2)CC1. The van der Waals surface area contributed by atoms with Gasteiger partial charge in [-0.2, -0.15) is 0 Å². The number of rotatable bonds is 7. The van der Waals surface area contributed by atoms with Gasteiger partial charge in [-0.3, -0.25) is 9.59 Å². The Morgan fingerprint density at radius 3 is 2.45 bits per heavy atom. The number of likely N-dealkylation sites (tertiary alicyclic amines) is 1. The Labute approximate surface area is 173 Å². The van der Waals surface area contributed by atoms with Gasteiger partial charge in [0.2, 0.25) is 5.91 Å². The van der Waals surface area contributed by atoms with Gasteiger partial charge >= 0.3 is 0 Å². The van der Waals surface area contributed by atoms with Gasteiger partial charge in [0.15, 0.2) is 0 Å². The molecule has 29 heavy (non-hydrogen) atoms. The van der Waals surface area contributed by atoms with Crippen molar-refractivity contribution in [2.45, 2.75) is 32.6 Å². The number of nitrogens with one attached hydrogen (secondary N) is 1. The molecule has 1 heterocycles. The van der Waals surface area contributed by atoms with Gasteiger partial charge in [-0.1, -0.05) is 35.9 Å². The lowest BCUT2D eigenvalue weighted by Gasteiger charge is -2.32. The lowest BCUT2D eigenvalue weighted by molar-refractivity contribution is -0.122. The summed E-state index contributed by atoms with van der Waals surface area (Å²) in [7, 11) is 1.66. The largest absolute Gasteiger partial charge is 0.496 e. The number of aryl methyl sites for hydroxylation is 1. The zero-order valence-corrected chi connectivity index (χ0v) is 17.3. The molecular formula is C24H30N2O3. The number of methoxy groups -OCH3 is 1. The van der Waals surface area contributed by atoms with E-state index in [1.54, 1.807) is 7.11 Å². The Morgan fingerprint density at radius 1 is 1.07 bits per heavy atom. The van der Waals surface area contributed by atoms with Crippen molar-refractivity contribution < 1.29 is 14.3 Å². The van der Waals surface area contributed by atoms with Gasteiger partial charge in [0, 0.05) is 31.6 Å². The molecule has 0 aliphatic carbocycles. The van der Waals surface area contributed by atoms with Crippen molar-refractivity contribution in [1.82, 2.24) is 10.2 Å². The van der Waals surface area contributed by atoms with E-state index in [2.05, 4.69) is 5.32 Å². The molecule has 0 radical (unpaired) electrons. The van der Waals surface area contributed by atoms with Crippen LogP contribution in [-0.4, -0.2) is 43.5 Å². The summed E-state index contributed by atoms with van der Waals surface area (Å²) in [4.78, 5) is 26.8. The molecule has 1 saturated heterocycles. The number of amides is 2. The van der Waals surface area contributed by atoms with Gasteiger partial charge in [-0.25, -0.2) is 0 Å². The van der Waals surface area contributed by atoms with E-state index in [0.717, 1.165) is 41.7 Å². The highest BCUT2D eigenvalue weighted by Crippen LogP contribution is 2.22. The maximum Gasteiger partial charge on any atom is 0.253 e. The molecular weight excluding hydrogens is 364 g/mol. The van der Waals surface area contributed by atoms with Gasteiger partial charge < -0.3 is 15.0 Å². The Bertz CT molecular complexity index is 824. The fourth-order valence-corrected chi connectivity index (χ4v) is 3.80. The van der Waals surface area contributed by atoms with Gasteiger partial charge in [0.25, 0.3) is 5.91 Å². The first-order valence-corrected chi connectivity index (χ1v) is 10.3. The van der Waals surface area contributed by atoms with Crippen molar-refractivity contribution >= 4 is 11.8 Å². The van der Waals surface area contributed by atoms with Crippen LogP contribution in [0.2, 0.25) is 0 Å². The summed E-state index contributed by atoms with van der Waals surface area (Å²) in [5.74, 6) is 1.36. The third-order valence-corrected chi connectivity index (χ3v) is 5.58. The van der Waals surface area contributed by atoms with Crippen LogP contribution in [0.25, 0.3) is 0 Å². The fraction of sp³-hybridized carbons (Fsp3) is 0.417. The summed E-state index contributed by atoms with van der Waals surface area (Å²) >= 11 is 0. The van der Waals surface area contributed by atoms with E-state index in [0.29, 0.717) is 32.0 Å². The molecule has 3 rings (SSSR count). The summed E-state index contributed by atoms with van der Waals surface area (Å²) in [6.07, 6.45) is 3.02. The van der Waals surface area contributed by atoms with E-state index in [1.807, 2.05) is 60.4 Å². The third kappa shape index (κ3) is 5.83. The molecule has 0 saturated carbocycles. The smallest absolute Gasteiger partial charge is 0.253 e. The average molecular weight is 395 g/mol. The molecule has 1 fully saturated rings. The van der Waals surface area contributed by atoms with Crippen molar-refractivity contribution in [3.63, 3.8) is 0 Å².